The van der Waals surface area contributed by atoms with Gasteiger partial charge in [0.25, 0.3) is 5.91 Å². The highest BCUT2D eigenvalue weighted by Crippen LogP contribution is 2.35. The molecule has 1 fully saturated rings. The van der Waals surface area contributed by atoms with Crippen LogP contribution in [0.25, 0.3) is 0 Å². The average molecular weight is 335 g/mol. The van der Waals surface area contributed by atoms with Gasteiger partial charge < -0.3 is 9.74 Å². The minimum absolute atomic E-state index is 0.297. The van der Waals surface area contributed by atoms with Crippen LogP contribution in [0.3, 0.4) is 0 Å². The van der Waals surface area contributed by atoms with Gasteiger partial charge in [0.1, 0.15) is 11.6 Å². The fourth-order valence-corrected chi connectivity index (χ4v) is 3.18. The van der Waals surface area contributed by atoms with E-state index in [2.05, 4.69) is 5.16 Å². The molecule has 0 saturated carbocycles. The first-order chi connectivity index (χ1) is 12.1. The lowest BCUT2D eigenvalue weighted by Gasteiger charge is -2.15. The molecule has 2 unspecified atom stereocenters. The number of carbonyl (C=O) groups excluding carboxylic acids is 2. The van der Waals surface area contributed by atoms with Crippen LogP contribution in [0.1, 0.15) is 5.56 Å². The third kappa shape index (κ3) is 2.38. The van der Waals surface area contributed by atoms with Gasteiger partial charge >= 0.3 is 0 Å². The zero-order valence-electron chi connectivity index (χ0n) is 13.9. The van der Waals surface area contributed by atoms with E-state index in [1.54, 1.807) is 24.3 Å². The van der Waals surface area contributed by atoms with Crippen LogP contribution in [0.2, 0.25) is 0 Å². The van der Waals surface area contributed by atoms with Gasteiger partial charge in [0.15, 0.2) is 0 Å². The molecule has 0 spiro atoms. The predicted octanol–water partition coefficient (Wildman–Crippen LogP) is 2.05. The first-order valence-electron chi connectivity index (χ1n) is 8.02. The molecule has 4 rings (SSSR count). The van der Waals surface area contributed by atoms with Crippen LogP contribution in [0.15, 0.2) is 59.8 Å². The average Bonchev–Trinajstić information content (AvgIpc) is 3.16. The number of oxime groups is 1. The van der Waals surface area contributed by atoms with Crippen molar-refractivity contribution < 1.29 is 14.4 Å². The van der Waals surface area contributed by atoms with E-state index >= 15 is 0 Å². The number of nitrogens with zero attached hydrogens (tertiary/aromatic N) is 3. The summed E-state index contributed by atoms with van der Waals surface area (Å²) in [7, 11) is 3.91. The van der Waals surface area contributed by atoms with Crippen LogP contribution < -0.4 is 9.80 Å². The molecule has 0 aliphatic carbocycles. The molecule has 2 aliphatic heterocycles. The maximum atomic E-state index is 12.9. The number of amides is 2. The number of hydrogen-bond donors (Lipinski definition) is 0. The van der Waals surface area contributed by atoms with Crippen LogP contribution in [0.5, 0.6) is 0 Å². The molecule has 0 N–H and O–H groups in total. The summed E-state index contributed by atoms with van der Waals surface area (Å²) in [6.07, 6.45) is -0.878. The highest BCUT2D eigenvalue weighted by atomic mass is 16.6. The Morgan fingerprint density at radius 3 is 2.28 bits per heavy atom. The normalized spacial score (nSPS) is 21.8. The van der Waals surface area contributed by atoms with Crippen molar-refractivity contribution in [3.8, 4) is 0 Å². The van der Waals surface area contributed by atoms with Crippen molar-refractivity contribution in [2.24, 2.45) is 11.1 Å². The summed E-state index contributed by atoms with van der Waals surface area (Å²) < 4.78 is 0. The van der Waals surface area contributed by atoms with E-state index in [9.17, 15) is 9.59 Å². The predicted molar refractivity (Wildman–Crippen MR) is 94.6 cm³/mol. The number of rotatable bonds is 3. The smallest absolute Gasteiger partial charge is 0.278 e. The minimum atomic E-state index is -0.878. The van der Waals surface area contributed by atoms with Gasteiger partial charge in [-0.1, -0.05) is 35.5 Å². The molecular weight excluding hydrogens is 318 g/mol. The molecule has 6 heteroatoms. The third-order valence-corrected chi connectivity index (χ3v) is 4.51. The Labute approximate surface area is 145 Å². The maximum Gasteiger partial charge on any atom is 0.278 e. The lowest BCUT2D eigenvalue weighted by atomic mass is 9.94. The van der Waals surface area contributed by atoms with Crippen LogP contribution in [0, 0.1) is 5.92 Å². The Kier molecular flexibility index (Phi) is 3.53. The standard InChI is InChI=1S/C19H17N3O3/c1-21(2)13-10-8-12(9-11-13)16-15-17(25-20-16)19(24)22(18(15)23)14-6-4-3-5-7-14/h3-11,15,17H,1-2H3. The Balaban J connectivity index is 1.66. The SMILES string of the molecule is CN(C)c1ccc(C2=NOC3C(=O)N(c4ccccc4)C(=O)C23)cc1. The Morgan fingerprint density at radius 2 is 1.64 bits per heavy atom. The van der Waals surface area contributed by atoms with E-state index in [1.165, 1.54) is 4.90 Å². The van der Waals surface area contributed by atoms with Gasteiger partial charge in [0.2, 0.25) is 12.0 Å². The maximum absolute atomic E-state index is 12.9. The van der Waals surface area contributed by atoms with Gasteiger partial charge in [0, 0.05) is 25.3 Å². The van der Waals surface area contributed by atoms with E-state index in [4.69, 9.17) is 4.84 Å². The fourth-order valence-electron chi connectivity index (χ4n) is 3.18. The molecular formula is C19H17N3O3. The number of imide groups is 1. The first-order valence-corrected chi connectivity index (χ1v) is 8.02. The highest BCUT2D eigenvalue weighted by molar-refractivity contribution is 6.32. The Bertz CT molecular complexity index is 859. The van der Waals surface area contributed by atoms with Crippen molar-refractivity contribution in [1.29, 1.82) is 0 Å². The van der Waals surface area contributed by atoms with E-state index < -0.39 is 12.0 Å². The molecule has 1 saturated heterocycles. The molecule has 2 aliphatic rings. The van der Waals surface area contributed by atoms with Gasteiger partial charge in [-0.3, -0.25) is 9.59 Å². The molecule has 25 heavy (non-hydrogen) atoms. The topological polar surface area (TPSA) is 62.2 Å². The van der Waals surface area contributed by atoms with Gasteiger partial charge in [-0.25, -0.2) is 4.90 Å². The van der Waals surface area contributed by atoms with Crippen molar-refractivity contribution >= 4 is 28.9 Å². The van der Waals surface area contributed by atoms with Crippen molar-refractivity contribution in [2.45, 2.75) is 6.10 Å². The second-order valence-corrected chi connectivity index (χ2v) is 6.27. The number of fused-ring (bicyclic) bond motifs is 1. The van der Waals surface area contributed by atoms with E-state index in [0.29, 0.717) is 11.4 Å². The lowest BCUT2D eigenvalue weighted by Crippen LogP contribution is -2.33. The van der Waals surface area contributed by atoms with Gasteiger partial charge in [-0.15, -0.1) is 0 Å². The van der Waals surface area contributed by atoms with Crippen LogP contribution in [0.4, 0.5) is 11.4 Å². The number of benzene rings is 2. The quantitative estimate of drug-likeness (QED) is 0.806. The molecule has 0 bridgehead atoms. The van der Waals surface area contributed by atoms with E-state index in [1.807, 2.05) is 49.3 Å². The number of carbonyl (C=O) groups is 2. The second-order valence-electron chi connectivity index (χ2n) is 6.27. The molecule has 2 amide bonds. The summed E-state index contributed by atoms with van der Waals surface area (Å²) in [6.45, 7) is 0. The summed E-state index contributed by atoms with van der Waals surface area (Å²) in [5, 5.41) is 4.03. The second kappa shape index (κ2) is 5.73. The van der Waals surface area contributed by atoms with Crippen molar-refractivity contribution in [2.75, 3.05) is 23.9 Å². The molecule has 2 aromatic rings. The van der Waals surface area contributed by atoms with Gasteiger partial charge in [-0.05, 0) is 24.3 Å². The highest BCUT2D eigenvalue weighted by Gasteiger charge is 2.56. The van der Waals surface area contributed by atoms with Crippen molar-refractivity contribution in [3.05, 3.63) is 60.2 Å². The Morgan fingerprint density at radius 1 is 0.960 bits per heavy atom. The van der Waals surface area contributed by atoms with E-state index in [-0.39, 0.29) is 11.8 Å². The number of para-hydroxylation sites is 1. The summed E-state index contributed by atoms with van der Waals surface area (Å²) in [4.78, 5) is 34.0. The lowest BCUT2D eigenvalue weighted by molar-refractivity contribution is -0.126. The van der Waals surface area contributed by atoms with Crippen molar-refractivity contribution in [1.82, 2.24) is 0 Å². The number of anilines is 2. The van der Waals surface area contributed by atoms with Crippen LogP contribution >= 0.6 is 0 Å². The third-order valence-electron chi connectivity index (χ3n) is 4.51. The van der Waals surface area contributed by atoms with Gasteiger partial charge in [-0.2, -0.15) is 0 Å². The Hall–Kier alpha value is -3.15. The summed E-state index contributed by atoms with van der Waals surface area (Å²) in [5.41, 5.74) is 2.89. The van der Waals surface area contributed by atoms with Crippen molar-refractivity contribution in [3.63, 3.8) is 0 Å². The summed E-state index contributed by atoms with van der Waals surface area (Å²) in [6, 6.07) is 16.6. The largest absolute Gasteiger partial charge is 0.381 e. The molecule has 6 nitrogen and oxygen atoms in total. The molecule has 126 valence electrons. The number of hydrogen-bond acceptors (Lipinski definition) is 5. The molecule has 2 aromatic carbocycles. The molecule has 0 aromatic heterocycles. The zero-order chi connectivity index (χ0) is 17.6. The fraction of sp³-hybridized carbons (Fsp3) is 0.211. The minimum Gasteiger partial charge on any atom is -0.381 e. The van der Waals surface area contributed by atoms with Gasteiger partial charge in [0.05, 0.1) is 5.69 Å². The molecule has 0 radical (unpaired) electrons. The van der Waals surface area contributed by atoms with Crippen LogP contribution in [-0.2, 0) is 14.4 Å². The summed E-state index contributed by atoms with van der Waals surface area (Å²) in [5.74, 6) is -1.36. The monoisotopic (exact) mass is 335 g/mol. The first kappa shape index (κ1) is 15.4. The van der Waals surface area contributed by atoms with Crippen LogP contribution in [-0.4, -0.2) is 37.7 Å². The van der Waals surface area contributed by atoms with E-state index in [0.717, 1.165) is 11.3 Å². The summed E-state index contributed by atoms with van der Waals surface area (Å²) >= 11 is 0. The molecule has 2 heterocycles. The molecule has 2 atom stereocenters. The zero-order valence-corrected chi connectivity index (χ0v) is 13.9.